The van der Waals surface area contributed by atoms with E-state index < -0.39 is 0 Å². The van der Waals surface area contributed by atoms with E-state index in [-0.39, 0.29) is 5.78 Å². The molecule has 2 aromatic carbocycles. The molecule has 1 aliphatic heterocycles. The van der Waals surface area contributed by atoms with Gasteiger partial charge in [0.2, 0.25) is 0 Å². The summed E-state index contributed by atoms with van der Waals surface area (Å²) >= 11 is 1.81. The molecule has 3 aromatic rings. The Morgan fingerprint density at radius 3 is 2.62 bits per heavy atom. The standard InChI is InChI=1S/C25H28N2OS/c1-17(2)27-15-22(16-27)25-26-14-24(29-25)20-10-7-19(8-11-20)9-12-23(28)21-6-4-5-18(3)13-21/h4-8,10-11,13-14,17,22H,9,12,15-16H2,1-3H3. The number of likely N-dealkylation sites (tertiary alicyclic amines) is 1. The van der Waals surface area contributed by atoms with Gasteiger partial charge < -0.3 is 0 Å². The van der Waals surface area contributed by atoms with E-state index >= 15 is 0 Å². The van der Waals surface area contributed by atoms with Gasteiger partial charge in [0.05, 0.1) is 9.88 Å². The number of aromatic nitrogens is 1. The van der Waals surface area contributed by atoms with Gasteiger partial charge in [-0.05, 0) is 44.4 Å². The van der Waals surface area contributed by atoms with Crippen LogP contribution in [0.15, 0.2) is 54.7 Å². The second-order valence-electron chi connectivity index (χ2n) is 8.30. The largest absolute Gasteiger partial charge is 0.299 e. The van der Waals surface area contributed by atoms with Crippen molar-refractivity contribution in [3.8, 4) is 10.4 Å². The van der Waals surface area contributed by atoms with Crippen LogP contribution in [-0.2, 0) is 6.42 Å². The third-order valence-corrected chi connectivity index (χ3v) is 6.94. The lowest BCUT2D eigenvalue weighted by Crippen LogP contribution is -2.48. The number of carbonyl (C=O) groups excluding carboxylic acids is 1. The van der Waals surface area contributed by atoms with Crippen LogP contribution in [0.4, 0.5) is 0 Å². The molecule has 29 heavy (non-hydrogen) atoms. The number of hydrogen-bond donors (Lipinski definition) is 0. The zero-order valence-electron chi connectivity index (χ0n) is 17.4. The number of carbonyl (C=O) groups is 1. The Morgan fingerprint density at radius 2 is 1.93 bits per heavy atom. The number of nitrogens with zero attached hydrogens (tertiary/aromatic N) is 2. The van der Waals surface area contributed by atoms with Crippen LogP contribution in [0.5, 0.6) is 0 Å². The van der Waals surface area contributed by atoms with E-state index in [1.165, 1.54) is 21.0 Å². The molecule has 0 unspecified atom stereocenters. The molecule has 0 bridgehead atoms. The van der Waals surface area contributed by atoms with Gasteiger partial charge in [-0.1, -0.05) is 48.0 Å². The first-order chi connectivity index (χ1) is 14.0. The van der Waals surface area contributed by atoms with E-state index in [4.69, 9.17) is 0 Å². The molecule has 4 heteroatoms. The van der Waals surface area contributed by atoms with Crippen molar-refractivity contribution in [2.75, 3.05) is 13.1 Å². The molecule has 0 aliphatic carbocycles. The molecule has 0 amide bonds. The summed E-state index contributed by atoms with van der Waals surface area (Å²) in [6, 6.07) is 17.1. The molecule has 1 fully saturated rings. The zero-order valence-corrected chi connectivity index (χ0v) is 18.2. The normalized spacial score (nSPS) is 14.9. The summed E-state index contributed by atoms with van der Waals surface area (Å²) < 4.78 is 0. The van der Waals surface area contributed by atoms with Crippen molar-refractivity contribution >= 4 is 17.1 Å². The van der Waals surface area contributed by atoms with Crippen molar-refractivity contribution in [1.82, 2.24) is 9.88 Å². The third-order valence-electron chi connectivity index (χ3n) is 5.73. The van der Waals surface area contributed by atoms with Gasteiger partial charge in [0.1, 0.15) is 0 Å². The number of hydrogen-bond acceptors (Lipinski definition) is 4. The number of Topliss-reactive ketones (excluding diaryl/α,β-unsaturated/α-hetero) is 1. The highest BCUT2D eigenvalue weighted by Crippen LogP contribution is 2.35. The Morgan fingerprint density at radius 1 is 1.17 bits per heavy atom. The third kappa shape index (κ3) is 4.65. The summed E-state index contributed by atoms with van der Waals surface area (Å²) in [5.74, 6) is 0.795. The van der Waals surface area contributed by atoms with E-state index in [1.54, 1.807) is 0 Å². The van der Waals surface area contributed by atoms with Crippen LogP contribution in [0.3, 0.4) is 0 Å². The topological polar surface area (TPSA) is 33.2 Å². The maximum Gasteiger partial charge on any atom is 0.163 e. The lowest BCUT2D eigenvalue weighted by molar-refractivity contribution is 0.0982. The minimum Gasteiger partial charge on any atom is -0.299 e. The summed E-state index contributed by atoms with van der Waals surface area (Å²) in [5.41, 5.74) is 4.35. The van der Waals surface area contributed by atoms with Crippen molar-refractivity contribution in [2.45, 2.75) is 45.6 Å². The molecule has 0 radical (unpaired) electrons. The summed E-state index contributed by atoms with van der Waals surface area (Å²) in [4.78, 5) is 20.8. The highest BCUT2D eigenvalue weighted by Gasteiger charge is 2.31. The van der Waals surface area contributed by atoms with Gasteiger partial charge in [-0.15, -0.1) is 11.3 Å². The number of aryl methyl sites for hydroxylation is 2. The van der Waals surface area contributed by atoms with Crippen molar-refractivity contribution in [3.63, 3.8) is 0 Å². The molecule has 4 rings (SSSR count). The average molecular weight is 405 g/mol. The number of thiazole rings is 1. The Balaban J connectivity index is 1.34. The van der Waals surface area contributed by atoms with Gasteiger partial charge in [0, 0.05) is 43.2 Å². The number of benzene rings is 2. The highest BCUT2D eigenvalue weighted by atomic mass is 32.1. The molecule has 1 aromatic heterocycles. The molecule has 0 saturated carbocycles. The molecular weight excluding hydrogens is 376 g/mol. The summed E-state index contributed by atoms with van der Waals surface area (Å²) in [6.07, 6.45) is 3.32. The van der Waals surface area contributed by atoms with Gasteiger partial charge in [-0.3, -0.25) is 9.69 Å². The molecule has 0 N–H and O–H groups in total. The monoisotopic (exact) mass is 404 g/mol. The fourth-order valence-electron chi connectivity index (χ4n) is 3.76. The fraction of sp³-hybridized carbons (Fsp3) is 0.360. The summed E-state index contributed by atoms with van der Waals surface area (Å²) in [5, 5.41) is 1.25. The predicted molar refractivity (Wildman–Crippen MR) is 121 cm³/mol. The van der Waals surface area contributed by atoms with E-state index in [9.17, 15) is 4.79 Å². The van der Waals surface area contributed by atoms with E-state index in [1.807, 2.05) is 48.7 Å². The lowest BCUT2D eigenvalue weighted by atomic mass is 9.99. The van der Waals surface area contributed by atoms with Crippen LogP contribution in [-0.4, -0.2) is 34.8 Å². The smallest absolute Gasteiger partial charge is 0.163 e. The van der Waals surface area contributed by atoms with Crippen molar-refractivity contribution < 1.29 is 4.79 Å². The molecule has 2 heterocycles. The Labute approximate surface area is 177 Å². The first-order valence-corrected chi connectivity index (χ1v) is 11.2. The van der Waals surface area contributed by atoms with Gasteiger partial charge in [0.25, 0.3) is 0 Å². The Hall–Kier alpha value is -2.30. The first-order valence-electron chi connectivity index (χ1n) is 10.4. The quantitative estimate of drug-likeness (QED) is 0.471. The Bertz CT molecular complexity index is 984. The van der Waals surface area contributed by atoms with E-state index in [2.05, 4.69) is 48.0 Å². The van der Waals surface area contributed by atoms with E-state index in [0.29, 0.717) is 18.4 Å². The van der Waals surface area contributed by atoms with Crippen LogP contribution >= 0.6 is 11.3 Å². The summed E-state index contributed by atoms with van der Waals surface area (Å²) in [6.45, 7) is 8.77. The lowest BCUT2D eigenvalue weighted by Gasteiger charge is -2.41. The zero-order chi connectivity index (χ0) is 20.4. The van der Waals surface area contributed by atoms with Gasteiger partial charge >= 0.3 is 0 Å². The van der Waals surface area contributed by atoms with Crippen molar-refractivity contribution in [1.29, 1.82) is 0 Å². The maximum atomic E-state index is 12.4. The summed E-state index contributed by atoms with van der Waals surface area (Å²) in [7, 11) is 0. The van der Waals surface area contributed by atoms with Gasteiger partial charge in [-0.25, -0.2) is 4.98 Å². The van der Waals surface area contributed by atoms with Crippen molar-refractivity contribution in [3.05, 3.63) is 76.4 Å². The molecule has 0 spiro atoms. The second kappa shape index (κ2) is 8.60. The minimum absolute atomic E-state index is 0.209. The second-order valence-corrected chi connectivity index (χ2v) is 9.36. The van der Waals surface area contributed by atoms with Crippen LogP contribution < -0.4 is 0 Å². The molecular formula is C25H28N2OS. The number of ketones is 1. The minimum atomic E-state index is 0.209. The predicted octanol–water partition coefficient (Wildman–Crippen LogP) is 5.74. The molecule has 150 valence electrons. The maximum absolute atomic E-state index is 12.4. The fourth-order valence-corrected chi connectivity index (χ4v) is 4.76. The average Bonchev–Trinajstić information content (AvgIpc) is 3.14. The molecule has 3 nitrogen and oxygen atoms in total. The van der Waals surface area contributed by atoms with E-state index in [0.717, 1.165) is 30.6 Å². The first kappa shape index (κ1) is 20.0. The molecule has 1 aliphatic rings. The Kier molecular flexibility index (Phi) is 5.93. The molecule has 0 atom stereocenters. The SMILES string of the molecule is Cc1cccc(C(=O)CCc2ccc(-c3cnc(C4CN(C(C)C)C4)s3)cc2)c1. The molecule has 1 saturated heterocycles. The van der Waals surface area contributed by atoms with Crippen LogP contribution in [0.25, 0.3) is 10.4 Å². The van der Waals surface area contributed by atoms with Crippen molar-refractivity contribution in [2.24, 2.45) is 0 Å². The van der Waals surface area contributed by atoms with Crippen LogP contribution in [0.1, 0.15) is 52.7 Å². The van der Waals surface area contributed by atoms with Gasteiger partial charge in [-0.2, -0.15) is 0 Å². The van der Waals surface area contributed by atoms with Crippen LogP contribution in [0.2, 0.25) is 0 Å². The number of rotatable bonds is 7. The van der Waals surface area contributed by atoms with Crippen LogP contribution in [0, 0.1) is 6.92 Å². The highest BCUT2D eigenvalue weighted by molar-refractivity contribution is 7.15. The van der Waals surface area contributed by atoms with Gasteiger partial charge in [0.15, 0.2) is 5.78 Å².